The highest BCUT2D eigenvalue weighted by Crippen LogP contribution is 2.03. The molecule has 0 heterocycles. The molecule has 0 amide bonds. The van der Waals surface area contributed by atoms with Crippen LogP contribution in [-0.2, 0) is 0 Å². The molecule has 1 aromatic rings. The predicted octanol–water partition coefficient (Wildman–Crippen LogP) is 1.44. The van der Waals surface area contributed by atoms with Gasteiger partial charge in [0.15, 0.2) is 0 Å². The van der Waals surface area contributed by atoms with Gasteiger partial charge in [-0.15, -0.1) is 0 Å². The Labute approximate surface area is 78.2 Å². The van der Waals surface area contributed by atoms with Gasteiger partial charge in [-0.1, -0.05) is 42.5 Å². The first kappa shape index (κ1) is 9.96. The van der Waals surface area contributed by atoms with Gasteiger partial charge in [0, 0.05) is 0 Å². The van der Waals surface area contributed by atoms with E-state index in [1.165, 1.54) is 0 Å². The van der Waals surface area contributed by atoms with E-state index in [2.05, 4.69) is 0 Å². The van der Waals surface area contributed by atoms with Gasteiger partial charge in [0.05, 0.1) is 12.2 Å². The minimum Gasteiger partial charge on any atom is -0.390 e. The van der Waals surface area contributed by atoms with E-state index >= 15 is 0 Å². The van der Waals surface area contributed by atoms with Crippen molar-refractivity contribution in [2.24, 2.45) is 0 Å². The molecule has 2 atom stereocenters. The SMILES string of the molecule is C[C@H](O)[C@H](O)C=Cc1ccccc1. The molecule has 0 radical (unpaired) electrons. The molecule has 2 nitrogen and oxygen atoms in total. The first-order chi connectivity index (χ1) is 6.20. The van der Waals surface area contributed by atoms with Gasteiger partial charge in [-0.3, -0.25) is 0 Å². The van der Waals surface area contributed by atoms with Crippen LogP contribution in [0.25, 0.3) is 6.08 Å². The normalized spacial score (nSPS) is 15.9. The second kappa shape index (κ2) is 4.80. The fourth-order valence-corrected chi connectivity index (χ4v) is 0.935. The van der Waals surface area contributed by atoms with E-state index < -0.39 is 12.2 Å². The van der Waals surface area contributed by atoms with Crippen molar-refractivity contribution in [3.05, 3.63) is 42.0 Å². The summed E-state index contributed by atoms with van der Waals surface area (Å²) in [6.45, 7) is 1.56. The van der Waals surface area contributed by atoms with Gasteiger partial charge in [0.1, 0.15) is 0 Å². The van der Waals surface area contributed by atoms with Crippen LogP contribution in [0.3, 0.4) is 0 Å². The zero-order chi connectivity index (χ0) is 9.68. The summed E-state index contributed by atoms with van der Waals surface area (Å²) in [7, 11) is 0. The Morgan fingerprint density at radius 1 is 1.15 bits per heavy atom. The average molecular weight is 178 g/mol. The lowest BCUT2D eigenvalue weighted by Crippen LogP contribution is -2.19. The summed E-state index contributed by atoms with van der Waals surface area (Å²) in [6, 6.07) is 9.65. The number of benzene rings is 1. The first-order valence-corrected chi connectivity index (χ1v) is 4.29. The topological polar surface area (TPSA) is 40.5 Å². The van der Waals surface area contributed by atoms with Crippen LogP contribution in [-0.4, -0.2) is 22.4 Å². The predicted molar refractivity (Wildman–Crippen MR) is 53.2 cm³/mol. The molecule has 0 aliphatic carbocycles. The van der Waals surface area contributed by atoms with Crippen molar-refractivity contribution in [3.63, 3.8) is 0 Å². The highest BCUT2D eigenvalue weighted by molar-refractivity contribution is 5.49. The summed E-state index contributed by atoms with van der Waals surface area (Å²) in [5, 5.41) is 18.2. The van der Waals surface area contributed by atoms with Gasteiger partial charge in [-0.25, -0.2) is 0 Å². The van der Waals surface area contributed by atoms with Crippen molar-refractivity contribution < 1.29 is 10.2 Å². The van der Waals surface area contributed by atoms with Gasteiger partial charge in [-0.05, 0) is 12.5 Å². The lowest BCUT2D eigenvalue weighted by Gasteiger charge is -2.07. The van der Waals surface area contributed by atoms with Crippen molar-refractivity contribution in [3.8, 4) is 0 Å². The highest BCUT2D eigenvalue weighted by Gasteiger charge is 2.04. The van der Waals surface area contributed by atoms with Crippen LogP contribution < -0.4 is 0 Å². The molecule has 0 fully saturated rings. The van der Waals surface area contributed by atoms with Crippen LogP contribution in [0, 0.1) is 0 Å². The summed E-state index contributed by atoms with van der Waals surface area (Å²) >= 11 is 0. The minimum atomic E-state index is -0.791. The van der Waals surface area contributed by atoms with Gasteiger partial charge in [0.25, 0.3) is 0 Å². The van der Waals surface area contributed by atoms with Crippen LogP contribution in [0.2, 0.25) is 0 Å². The molecule has 2 heteroatoms. The molecular weight excluding hydrogens is 164 g/mol. The van der Waals surface area contributed by atoms with Gasteiger partial charge in [-0.2, -0.15) is 0 Å². The fraction of sp³-hybridized carbons (Fsp3) is 0.273. The third-order valence-corrected chi connectivity index (χ3v) is 1.78. The van der Waals surface area contributed by atoms with E-state index in [0.717, 1.165) is 5.56 Å². The molecule has 1 rings (SSSR count). The molecule has 0 spiro atoms. The largest absolute Gasteiger partial charge is 0.390 e. The molecule has 0 unspecified atom stereocenters. The molecule has 1 aromatic carbocycles. The lowest BCUT2D eigenvalue weighted by molar-refractivity contribution is 0.0624. The Balaban J connectivity index is 2.59. The molecule has 0 bridgehead atoms. The Hall–Kier alpha value is -1.12. The zero-order valence-corrected chi connectivity index (χ0v) is 7.59. The summed E-state index contributed by atoms with van der Waals surface area (Å²) in [6.07, 6.45) is 1.86. The zero-order valence-electron chi connectivity index (χ0n) is 7.59. The van der Waals surface area contributed by atoms with Crippen molar-refractivity contribution >= 4 is 6.08 Å². The average Bonchev–Trinajstić information content (AvgIpc) is 2.15. The Bertz CT molecular complexity index is 265. The molecular formula is C11H14O2. The molecule has 70 valence electrons. The Morgan fingerprint density at radius 3 is 2.31 bits per heavy atom. The van der Waals surface area contributed by atoms with E-state index in [1.54, 1.807) is 19.1 Å². The van der Waals surface area contributed by atoms with Crippen LogP contribution in [0.4, 0.5) is 0 Å². The van der Waals surface area contributed by atoms with Crippen molar-refractivity contribution in [2.75, 3.05) is 0 Å². The number of hydrogen-bond acceptors (Lipinski definition) is 2. The molecule has 0 saturated carbocycles. The number of aliphatic hydroxyl groups is 2. The maximum Gasteiger partial charge on any atom is 0.0980 e. The smallest absolute Gasteiger partial charge is 0.0980 e. The second-order valence-electron chi connectivity index (χ2n) is 3.00. The van der Waals surface area contributed by atoms with Crippen molar-refractivity contribution in [1.82, 2.24) is 0 Å². The van der Waals surface area contributed by atoms with Crippen LogP contribution in [0.5, 0.6) is 0 Å². The first-order valence-electron chi connectivity index (χ1n) is 4.29. The summed E-state index contributed by atoms with van der Waals surface area (Å²) in [5.41, 5.74) is 1.02. The summed E-state index contributed by atoms with van der Waals surface area (Å²) < 4.78 is 0. The minimum absolute atomic E-state index is 0.722. The second-order valence-corrected chi connectivity index (χ2v) is 3.00. The van der Waals surface area contributed by atoms with E-state index in [-0.39, 0.29) is 0 Å². The number of hydrogen-bond donors (Lipinski definition) is 2. The Kier molecular flexibility index (Phi) is 3.68. The molecule has 0 saturated heterocycles. The van der Waals surface area contributed by atoms with Crippen LogP contribution >= 0.6 is 0 Å². The third-order valence-electron chi connectivity index (χ3n) is 1.78. The molecule has 0 aliphatic heterocycles. The maximum atomic E-state index is 9.25. The van der Waals surface area contributed by atoms with E-state index in [4.69, 9.17) is 5.11 Å². The highest BCUT2D eigenvalue weighted by atomic mass is 16.3. The molecule has 0 aromatic heterocycles. The molecule has 2 N–H and O–H groups in total. The number of aliphatic hydroxyl groups excluding tert-OH is 2. The fourth-order valence-electron chi connectivity index (χ4n) is 0.935. The lowest BCUT2D eigenvalue weighted by atomic mass is 10.1. The third kappa shape index (κ3) is 3.40. The Morgan fingerprint density at radius 2 is 1.77 bits per heavy atom. The summed E-state index contributed by atoms with van der Waals surface area (Å²) in [4.78, 5) is 0. The quantitative estimate of drug-likeness (QED) is 0.735. The van der Waals surface area contributed by atoms with Crippen LogP contribution in [0.15, 0.2) is 36.4 Å². The van der Waals surface area contributed by atoms with Crippen molar-refractivity contribution in [1.29, 1.82) is 0 Å². The van der Waals surface area contributed by atoms with E-state index in [0.29, 0.717) is 0 Å². The van der Waals surface area contributed by atoms with Gasteiger partial charge >= 0.3 is 0 Å². The molecule has 13 heavy (non-hydrogen) atoms. The van der Waals surface area contributed by atoms with Gasteiger partial charge in [0.2, 0.25) is 0 Å². The van der Waals surface area contributed by atoms with E-state index in [9.17, 15) is 5.11 Å². The number of rotatable bonds is 3. The maximum absolute atomic E-state index is 9.25. The van der Waals surface area contributed by atoms with Crippen molar-refractivity contribution in [2.45, 2.75) is 19.1 Å². The monoisotopic (exact) mass is 178 g/mol. The van der Waals surface area contributed by atoms with Gasteiger partial charge < -0.3 is 10.2 Å². The van der Waals surface area contributed by atoms with Crippen LogP contribution in [0.1, 0.15) is 12.5 Å². The van der Waals surface area contributed by atoms with E-state index in [1.807, 2.05) is 30.3 Å². The molecule has 0 aliphatic rings. The standard InChI is InChI=1S/C11H14O2/c1-9(12)11(13)8-7-10-5-3-2-4-6-10/h2-9,11-13H,1H3/t9-,11+/m0/s1. The summed E-state index contributed by atoms with van der Waals surface area (Å²) in [5.74, 6) is 0.